The van der Waals surface area contributed by atoms with Gasteiger partial charge >= 0.3 is 0 Å². The van der Waals surface area contributed by atoms with Crippen molar-refractivity contribution in [2.75, 3.05) is 26.2 Å². The summed E-state index contributed by atoms with van der Waals surface area (Å²) < 4.78 is 11.8. The summed E-state index contributed by atoms with van der Waals surface area (Å²) in [6.45, 7) is 9.63. The fraction of sp³-hybridized carbons (Fsp3) is 0.867. The number of fused-ring (bicyclic) bond motifs is 5. The number of ether oxygens (including phenoxy) is 1. The summed E-state index contributed by atoms with van der Waals surface area (Å²) in [6.07, 6.45) is 17.6. The zero-order valence-corrected chi connectivity index (χ0v) is 21.6. The molecule has 1 aromatic rings. The summed E-state index contributed by atoms with van der Waals surface area (Å²) in [5, 5.41) is 11.5. The van der Waals surface area contributed by atoms with Crippen LogP contribution in [0.25, 0.3) is 0 Å². The van der Waals surface area contributed by atoms with Gasteiger partial charge in [0.25, 0.3) is 0 Å². The first-order valence-corrected chi connectivity index (χ1v) is 14.5. The maximum atomic E-state index is 11.5. The lowest BCUT2D eigenvalue weighted by Gasteiger charge is -2.62. The Bertz CT molecular complexity index is 819. The molecule has 0 aromatic carbocycles. The lowest BCUT2D eigenvalue weighted by atomic mass is 9.44. The van der Waals surface area contributed by atoms with Crippen LogP contribution in [-0.4, -0.2) is 48.5 Å². The second-order valence-electron chi connectivity index (χ2n) is 13.1. The quantitative estimate of drug-likeness (QED) is 0.500. The van der Waals surface area contributed by atoms with Gasteiger partial charge in [0, 0.05) is 13.2 Å². The molecule has 0 spiro atoms. The van der Waals surface area contributed by atoms with Crippen LogP contribution in [0.2, 0.25) is 0 Å². The van der Waals surface area contributed by atoms with Crippen molar-refractivity contribution < 1.29 is 14.3 Å². The van der Waals surface area contributed by atoms with Crippen LogP contribution in [0, 0.1) is 34.5 Å². The Labute approximate surface area is 206 Å². The van der Waals surface area contributed by atoms with Crippen molar-refractivity contribution in [2.45, 2.75) is 103 Å². The lowest BCUT2D eigenvalue weighted by molar-refractivity contribution is -0.183. The number of hydrogen-bond acceptors (Lipinski definition) is 4. The molecule has 4 nitrogen and oxygen atoms in total. The Balaban J connectivity index is 1.10. The Morgan fingerprint density at radius 2 is 1.74 bits per heavy atom. The van der Waals surface area contributed by atoms with Crippen LogP contribution in [0.3, 0.4) is 0 Å². The fourth-order valence-electron chi connectivity index (χ4n) is 10.0. The van der Waals surface area contributed by atoms with Gasteiger partial charge in [0.1, 0.15) is 0 Å². The summed E-state index contributed by atoms with van der Waals surface area (Å²) in [5.74, 6) is 3.53. The molecule has 2 heterocycles. The molecule has 0 radical (unpaired) electrons. The van der Waals surface area contributed by atoms with E-state index in [1.165, 1.54) is 76.4 Å². The highest BCUT2D eigenvalue weighted by atomic mass is 16.5. The maximum Gasteiger partial charge on any atom is 0.0937 e. The van der Waals surface area contributed by atoms with Crippen molar-refractivity contribution in [2.24, 2.45) is 34.5 Å². The molecule has 1 N–H and O–H groups in total. The smallest absolute Gasteiger partial charge is 0.0937 e. The van der Waals surface area contributed by atoms with Gasteiger partial charge in [0.2, 0.25) is 0 Å². The second-order valence-corrected chi connectivity index (χ2v) is 13.1. The molecular formula is C30H47NO3. The van der Waals surface area contributed by atoms with E-state index in [0.29, 0.717) is 17.3 Å². The van der Waals surface area contributed by atoms with E-state index < -0.39 is 0 Å². The van der Waals surface area contributed by atoms with Crippen LogP contribution in [0.15, 0.2) is 23.0 Å². The molecule has 34 heavy (non-hydrogen) atoms. The van der Waals surface area contributed by atoms with E-state index in [4.69, 9.17) is 9.15 Å². The number of likely N-dealkylation sites (tertiary alicyclic amines) is 1. The zero-order chi connectivity index (χ0) is 23.3. The van der Waals surface area contributed by atoms with Crippen molar-refractivity contribution in [3.05, 3.63) is 24.2 Å². The predicted molar refractivity (Wildman–Crippen MR) is 135 cm³/mol. The summed E-state index contributed by atoms with van der Waals surface area (Å²) in [5.41, 5.74) is 2.14. The van der Waals surface area contributed by atoms with Crippen LogP contribution in [0.5, 0.6) is 0 Å². The van der Waals surface area contributed by atoms with E-state index >= 15 is 0 Å². The average Bonchev–Trinajstić information content (AvgIpc) is 3.58. The van der Waals surface area contributed by atoms with Gasteiger partial charge in [0.05, 0.1) is 24.7 Å². The number of furan rings is 1. The van der Waals surface area contributed by atoms with Crippen molar-refractivity contribution in [3.63, 3.8) is 0 Å². The highest BCUT2D eigenvalue weighted by molar-refractivity contribution is 5.22. The van der Waals surface area contributed by atoms with Crippen molar-refractivity contribution in [3.8, 4) is 0 Å². The van der Waals surface area contributed by atoms with Crippen molar-refractivity contribution in [1.82, 2.24) is 4.90 Å². The van der Waals surface area contributed by atoms with Crippen LogP contribution in [0.4, 0.5) is 0 Å². The molecule has 4 aliphatic carbocycles. The Morgan fingerprint density at radius 3 is 2.53 bits per heavy atom. The summed E-state index contributed by atoms with van der Waals surface area (Å²) in [7, 11) is 0. The van der Waals surface area contributed by atoms with E-state index in [2.05, 4.69) is 24.8 Å². The minimum absolute atomic E-state index is 0.0546. The zero-order valence-electron chi connectivity index (χ0n) is 21.6. The first kappa shape index (κ1) is 23.6. The van der Waals surface area contributed by atoms with E-state index in [0.717, 1.165) is 43.7 Å². The van der Waals surface area contributed by atoms with Crippen LogP contribution in [-0.2, 0) is 4.74 Å². The molecule has 4 saturated carbocycles. The number of aliphatic hydroxyl groups is 1. The molecule has 6 rings (SSSR count). The van der Waals surface area contributed by atoms with E-state index in [-0.39, 0.29) is 17.6 Å². The Kier molecular flexibility index (Phi) is 6.39. The van der Waals surface area contributed by atoms with E-state index in [1.54, 1.807) is 0 Å². The third-order valence-corrected chi connectivity index (χ3v) is 11.8. The molecule has 4 heteroatoms. The molecule has 1 aromatic heterocycles. The number of rotatable bonds is 6. The van der Waals surface area contributed by atoms with Gasteiger partial charge in [-0.05, 0) is 136 Å². The Morgan fingerprint density at radius 1 is 0.971 bits per heavy atom. The monoisotopic (exact) mass is 469 g/mol. The second kappa shape index (κ2) is 9.23. The molecule has 0 amide bonds. The van der Waals surface area contributed by atoms with Gasteiger partial charge in [-0.15, -0.1) is 0 Å². The van der Waals surface area contributed by atoms with Crippen LogP contribution < -0.4 is 0 Å². The molecule has 9 atom stereocenters. The topological polar surface area (TPSA) is 45.8 Å². The first-order chi connectivity index (χ1) is 16.5. The Hall–Kier alpha value is -0.840. The predicted octanol–water partition coefficient (Wildman–Crippen LogP) is 6.25. The average molecular weight is 470 g/mol. The lowest BCUT2D eigenvalue weighted by Crippen LogP contribution is -2.58. The third-order valence-electron chi connectivity index (χ3n) is 11.8. The standard InChI is InChI=1S/C30H47NO3/c1-29-13-10-25-22(24(29)9-8-23(29)21-12-19-33-20-21)6-7-26-28(32)27(11-14-30(25,26)2)34-18-5-17-31-15-3-4-16-31/h12,19-20,22-28,32H,3-11,13-18H2,1-2H3/t22-,23?,24-,25+,26?,27?,28?,29+,30+/m0/s1. The molecule has 1 saturated heterocycles. The number of aliphatic hydroxyl groups excluding tert-OH is 1. The molecule has 4 unspecified atom stereocenters. The summed E-state index contributed by atoms with van der Waals surface area (Å²) >= 11 is 0. The SMILES string of the molecule is C[C@]12CCC(OCCCN3CCCC3)C(O)C1CC[C@@H]1[C@H]2CC[C@]2(C)C(c3ccoc3)CC[C@@H]12. The van der Waals surface area contributed by atoms with Crippen molar-refractivity contribution in [1.29, 1.82) is 0 Å². The molecule has 1 aliphatic heterocycles. The maximum absolute atomic E-state index is 11.5. The van der Waals surface area contributed by atoms with Gasteiger partial charge < -0.3 is 19.2 Å². The summed E-state index contributed by atoms with van der Waals surface area (Å²) in [4.78, 5) is 2.57. The van der Waals surface area contributed by atoms with Crippen molar-refractivity contribution >= 4 is 0 Å². The van der Waals surface area contributed by atoms with Crippen LogP contribution >= 0.6 is 0 Å². The number of hydrogen-bond donors (Lipinski definition) is 1. The highest BCUT2D eigenvalue weighted by Gasteiger charge is 2.61. The van der Waals surface area contributed by atoms with Gasteiger partial charge in [0.15, 0.2) is 0 Å². The third kappa shape index (κ3) is 3.82. The van der Waals surface area contributed by atoms with E-state index in [1.807, 2.05) is 12.5 Å². The van der Waals surface area contributed by atoms with Gasteiger partial charge in [-0.25, -0.2) is 0 Å². The fourth-order valence-corrected chi connectivity index (χ4v) is 10.0. The van der Waals surface area contributed by atoms with Gasteiger partial charge in [-0.3, -0.25) is 0 Å². The van der Waals surface area contributed by atoms with Gasteiger partial charge in [-0.1, -0.05) is 13.8 Å². The van der Waals surface area contributed by atoms with Gasteiger partial charge in [-0.2, -0.15) is 0 Å². The molecule has 0 bridgehead atoms. The number of nitrogens with zero attached hydrogens (tertiary/aromatic N) is 1. The first-order valence-electron chi connectivity index (χ1n) is 14.5. The molecule has 5 aliphatic rings. The molecule has 190 valence electrons. The summed E-state index contributed by atoms with van der Waals surface area (Å²) in [6, 6.07) is 2.21. The van der Waals surface area contributed by atoms with Crippen LogP contribution in [0.1, 0.15) is 96.0 Å². The minimum Gasteiger partial charge on any atom is -0.472 e. The largest absolute Gasteiger partial charge is 0.472 e. The minimum atomic E-state index is -0.276. The molecule has 5 fully saturated rings. The van der Waals surface area contributed by atoms with E-state index in [9.17, 15) is 5.11 Å². The normalized spacial score (nSPS) is 46.7. The highest BCUT2D eigenvalue weighted by Crippen LogP contribution is 2.69. The molecular weight excluding hydrogens is 422 g/mol.